The number of benzene rings is 1. The van der Waals surface area contributed by atoms with Crippen LogP contribution < -0.4 is 10.6 Å². The highest BCUT2D eigenvalue weighted by atomic mass is 127. The molecular weight excluding hydrogens is 462 g/mol. The summed E-state index contributed by atoms with van der Waals surface area (Å²) in [7, 11) is 1.74. The topological polar surface area (TPSA) is 49.3 Å². The van der Waals surface area contributed by atoms with E-state index in [1.807, 2.05) is 12.1 Å². The molecule has 0 aliphatic rings. The van der Waals surface area contributed by atoms with Gasteiger partial charge in [-0.1, -0.05) is 39.0 Å². The monoisotopic (exact) mass is 490 g/mol. The van der Waals surface area contributed by atoms with E-state index >= 15 is 0 Å². The fraction of sp³-hybridized carbons (Fsp3) is 0.474. The molecule has 1 aromatic heterocycles. The fourth-order valence-electron chi connectivity index (χ4n) is 2.30. The molecule has 2 aromatic rings. The van der Waals surface area contributed by atoms with Gasteiger partial charge in [-0.2, -0.15) is 0 Å². The van der Waals surface area contributed by atoms with Crippen LogP contribution in [0.3, 0.4) is 0 Å². The molecule has 0 radical (unpaired) electrons. The third kappa shape index (κ3) is 7.19. The van der Waals surface area contributed by atoms with Crippen LogP contribution in [0, 0.1) is 5.82 Å². The molecule has 0 unspecified atom stereocenters. The van der Waals surface area contributed by atoms with E-state index in [9.17, 15) is 4.39 Å². The van der Waals surface area contributed by atoms with Crippen molar-refractivity contribution in [3.05, 3.63) is 51.7 Å². The lowest BCUT2D eigenvalue weighted by Crippen LogP contribution is -2.39. The largest absolute Gasteiger partial charge is 0.356 e. The Morgan fingerprint density at radius 3 is 2.38 bits per heavy atom. The zero-order chi connectivity index (χ0) is 18.3. The molecule has 1 heterocycles. The summed E-state index contributed by atoms with van der Waals surface area (Å²) in [4.78, 5) is 8.89. The molecule has 7 heteroatoms. The summed E-state index contributed by atoms with van der Waals surface area (Å²) in [5.41, 5.74) is 1.94. The van der Waals surface area contributed by atoms with E-state index in [-0.39, 0.29) is 35.2 Å². The number of nitrogens with zero attached hydrogens (tertiary/aromatic N) is 2. The quantitative estimate of drug-likeness (QED) is 0.364. The van der Waals surface area contributed by atoms with Crippen LogP contribution in [0.5, 0.6) is 0 Å². The SMILES string of the molecule is CN=C(NCCc1nc(C(C)(C)C)cs1)NCCc1ccccc1F.I. The van der Waals surface area contributed by atoms with Crippen LogP contribution in [0.2, 0.25) is 0 Å². The number of thiazole rings is 1. The van der Waals surface area contributed by atoms with Gasteiger partial charge >= 0.3 is 0 Å². The first kappa shape index (κ1) is 22.8. The van der Waals surface area contributed by atoms with Gasteiger partial charge in [-0.25, -0.2) is 9.37 Å². The Kier molecular flexibility index (Phi) is 9.49. The molecule has 0 bridgehead atoms. The van der Waals surface area contributed by atoms with E-state index in [4.69, 9.17) is 4.98 Å². The summed E-state index contributed by atoms with van der Waals surface area (Å²) in [6.07, 6.45) is 1.48. The number of hydrogen-bond donors (Lipinski definition) is 2. The van der Waals surface area contributed by atoms with Crippen molar-refractivity contribution in [1.29, 1.82) is 0 Å². The lowest BCUT2D eigenvalue weighted by Gasteiger charge is -2.14. The zero-order valence-electron chi connectivity index (χ0n) is 15.8. The molecule has 0 aliphatic carbocycles. The molecule has 0 fully saturated rings. The van der Waals surface area contributed by atoms with Gasteiger partial charge in [-0.3, -0.25) is 4.99 Å². The summed E-state index contributed by atoms with van der Waals surface area (Å²) in [6.45, 7) is 7.91. The number of aromatic nitrogens is 1. The van der Waals surface area contributed by atoms with Gasteiger partial charge in [0.2, 0.25) is 0 Å². The molecule has 26 heavy (non-hydrogen) atoms. The molecule has 0 saturated carbocycles. The highest BCUT2D eigenvalue weighted by Gasteiger charge is 2.17. The minimum atomic E-state index is -0.161. The predicted molar refractivity (Wildman–Crippen MR) is 119 cm³/mol. The highest BCUT2D eigenvalue weighted by Crippen LogP contribution is 2.23. The first-order chi connectivity index (χ1) is 11.9. The molecule has 0 amide bonds. The van der Waals surface area contributed by atoms with Crippen LogP contribution in [-0.2, 0) is 18.3 Å². The number of guanidine groups is 1. The smallest absolute Gasteiger partial charge is 0.191 e. The Bertz CT molecular complexity index is 710. The van der Waals surface area contributed by atoms with Gasteiger partial charge in [-0.05, 0) is 18.1 Å². The van der Waals surface area contributed by atoms with Gasteiger partial charge in [-0.15, -0.1) is 35.3 Å². The predicted octanol–water partition coefficient (Wildman–Crippen LogP) is 4.15. The molecule has 0 aliphatic heterocycles. The van der Waals surface area contributed by atoms with Crippen LogP contribution in [-0.4, -0.2) is 31.1 Å². The lowest BCUT2D eigenvalue weighted by molar-refractivity contribution is 0.570. The lowest BCUT2D eigenvalue weighted by atomic mass is 9.93. The third-order valence-corrected chi connectivity index (χ3v) is 4.73. The Hall–Kier alpha value is -1.22. The van der Waals surface area contributed by atoms with Crippen LogP contribution >= 0.6 is 35.3 Å². The number of hydrogen-bond acceptors (Lipinski definition) is 3. The number of nitrogens with one attached hydrogen (secondary N) is 2. The van der Waals surface area contributed by atoms with Gasteiger partial charge in [0.1, 0.15) is 5.82 Å². The van der Waals surface area contributed by atoms with Crippen molar-refractivity contribution in [3.63, 3.8) is 0 Å². The Labute approximate surface area is 176 Å². The van der Waals surface area contributed by atoms with Crippen LogP contribution in [0.15, 0.2) is 34.6 Å². The summed E-state index contributed by atoms with van der Waals surface area (Å²) in [5, 5.41) is 9.75. The summed E-state index contributed by atoms with van der Waals surface area (Å²) < 4.78 is 13.6. The molecule has 2 rings (SSSR count). The maximum absolute atomic E-state index is 13.6. The van der Waals surface area contributed by atoms with E-state index in [1.165, 1.54) is 6.07 Å². The molecule has 0 atom stereocenters. The normalized spacial score (nSPS) is 11.8. The summed E-state index contributed by atoms with van der Waals surface area (Å²) >= 11 is 1.70. The van der Waals surface area contributed by atoms with Gasteiger partial charge in [0.15, 0.2) is 5.96 Å². The van der Waals surface area contributed by atoms with Crippen molar-refractivity contribution in [2.75, 3.05) is 20.1 Å². The summed E-state index contributed by atoms with van der Waals surface area (Å²) in [5.74, 6) is 0.564. The maximum Gasteiger partial charge on any atom is 0.191 e. The first-order valence-corrected chi connectivity index (χ1v) is 9.41. The van der Waals surface area contributed by atoms with Crippen molar-refractivity contribution in [3.8, 4) is 0 Å². The minimum absolute atomic E-state index is 0. The number of halogens is 2. The molecule has 144 valence electrons. The first-order valence-electron chi connectivity index (χ1n) is 8.53. The standard InChI is InChI=1S/C19H27FN4S.HI/c1-19(2,3)16-13-25-17(24-16)10-12-23-18(21-4)22-11-9-14-7-5-6-8-15(14)20;/h5-8,13H,9-12H2,1-4H3,(H2,21,22,23);1H. The van der Waals surface area contributed by atoms with E-state index in [2.05, 4.69) is 41.8 Å². The average molecular weight is 490 g/mol. The molecule has 0 saturated heterocycles. The van der Waals surface area contributed by atoms with Crippen molar-refractivity contribution >= 4 is 41.3 Å². The van der Waals surface area contributed by atoms with Crippen molar-refractivity contribution < 1.29 is 4.39 Å². The van der Waals surface area contributed by atoms with Gasteiger partial charge < -0.3 is 10.6 Å². The molecule has 1 aromatic carbocycles. The fourth-order valence-corrected chi connectivity index (χ4v) is 3.32. The Morgan fingerprint density at radius 1 is 1.15 bits per heavy atom. The van der Waals surface area contributed by atoms with Crippen LogP contribution in [0.25, 0.3) is 0 Å². The third-order valence-electron chi connectivity index (χ3n) is 3.82. The number of aliphatic imine (C=N–C) groups is 1. The second kappa shape index (κ2) is 10.8. The molecule has 4 nitrogen and oxygen atoms in total. The van der Waals surface area contributed by atoms with E-state index < -0.39 is 0 Å². The van der Waals surface area contributed by atoms with Crippen molar-refractivity contribution in [2.45, 2.75) is 39.0 Å². The van der Waals surface area contributed by atoms with E-state index in [0.29, 0.717) is 18.5 Å². The second-order valence-corrected chi connectivity index (χ2v) is 7.84. The Morgan fingerprint density at radius 2 is 1.81 bits per heavy atom. The second-order valence-electron chi connectivity index (χ2n) is 6.89. The Balaban J connectivity index is 0.00000338. The molecule has 2 N–H and O–H groups in total. The van der Waals surface area contributed by atoms with Crippen LogP contribution in [0.1, 0.15) is 37.0 Å². The van der Waals surface area contributed by atoms with Crippen molar-refractivity contribution in [1.82, 2.24) is 15.6 Å². The van der Waals surface area contributed by atoms with Gasteiger partial charge in [0.25, 0.3) is 0 Å². The average Bonchev–Trinajstić information content (AvgIpc) is 3.04. The van der Waals surface area contributed by atoms with Crippen molar-refractivity contribution in [2.24, 2.45) is 4.99 Å². The van der Waals surface area contributed by atoms with Crippen LogP contribution in [0.4, 0.5) is 4.39 Å². The summed E-state index contributed by atoms with van der Waals surface area (Å²) in [6, 6.07) is 6.85. The highest BCUT2D eigenvalue weighted by molar-refractivity contribution is 14.0. The van der Waals surface area contributed by atoms with E-state index in [1.54, 1.807) is 24.5 Å². The van der Waals surface area contributed by atoms with Gasteiger partial charge in [0, 0.05) is 37.4 Å². The molecular formula is C19H28FIN4S. The zero-order valence-corrected chi connectivity index (χ0v) is 19.0. The van der Waals surface area contributed by atoms with E-state index in [0.717, 1.165) is 29.6 Å². The molecule has 0 spiro atoms. The van der Waals surface area contributed by atoms with Gasteiger partial charge in [0.05, 0.1) is 10.7 Å². The maximum atomic E-state index is 13.6. The minimum Gasteiger partial charge on any atom is -0.356 e. The number of rotatable bonds is 6.